The van der Waals surface area contributed by atoms with Gasteiger partial charge in [-0.1, -0.05) is 12.1 Å². The second-order valence-electron chi connectivity index (χ2n) is 2.24. The van der Waals surface area contributed by atoms with Gasteiger partial charge in [0.05, 0.1) is 4.90 Å². The number of thiol groups is 1. The van der Waals surface area contributed by atoms with E-state index in [0.29, 0.717) is 4.90 Å². The fourth-order valence-electron chi connectivity index (χ4n) is 0.771. The molecule has 0 saturated carbocycles. The Hall–Kier alpha value is 0.143. The van der Waals surface area contributed by atoms with Crippen molar-refractivity contribution < 1.29 is 27.9 Å². The van der Waals surface area contributed by atoms with Crippen LogP contribution < -0.4 is 0 Å². The van der Waals surface area contributed by atoms with E-state index in [0.717, 1.165) is 0 Å². The molecule has 5 heteroatoms. The van der Waals surface area contributed by atoms with Gasteiger partial charge in [0.2, 0.25) is 0 Å². The van der Waals surface area contributed by atoms with Crippen molar-refractivity contribution in [2.24, 2.45) is 0 Å². The summed E-state index contributed by atoms with van der Waals surface area (Å²) in [7, 11) is -3.11. The molecular weight excluding hydrogens is 246 g/mol. The number of sulfone groups is 1. The average Bonchev–Trinajstić information content (AvgIpc) is 1.86. The second kappa shape index (κ2) is 4.40. The van der Waals surface area contributed by atoms with Crippen LogP contribution in [0.2, 0.25) is 0 Å². The Labute approximate surface area is 90.5 Å². The maximum atomic E-state index is 11.0. The van der Waals surface area contributed by atoms with E-state index >= 15 is 0 Å². The van der Waals surface area contributed by atoms with Crippen LogP contribution >= 0.6 is 12.6 Å². The Bertz CT molecular complexity index is 359. The van der Waals surface area contributed by atoms with Crippen molar-refractivity contribution in [3.63, 3.8) is 0 Å². The zero-order valence-electron chi connectivity index (χ0n) is 6.69. The minimum Gasteiger partial charge on any atom is -0.224 e. The van der Waals surface area contributed by atoms with E-state index in [9.17, 15) is 8.42 Å². The number of hydrogen-bond donors (Lipinski definition) is 1. The number of benzene rings is 1. The van der Waals surface area contributed by atoms with Gasteiger partial charge in [0.1, 0.15) is 0 Å². The van der Waals surface area contributed by atoms with Crippen LogP contribution in [0.15, 0.2) is 34.1 Å². The van der Waals surface area contributed by atoms with Crippen molar-refractivity contribution in [2.45, 2.75) is 9.79 Å². The molecule has 0 heterocycles. The van der Waals surface area contributed by atoms with Crippen LogP contribution in [0.1, 0.15) is 0 Å². The van der Waals surface area contributed by atoms with Gasteiger partial charge in [-0.05, 0) is 12.1 Å². The summed E-state index contributed by atoms with van der Waals surface area (Å²) in [6, 6.07) is 6.62. The molecule has 1 aromatic carbocycles. The zero-order chi connectivity index (χ0) is 8.48. The molecule has 0 unspecified atom stereocenters. The average molecular weight is 254 g/mol. The Balaban J connectivity index is 0.00000121. The van der Waals surface area contributed by atoms with Gasteiger partial charge >= 0.3 is 0 Å². The van der Waals surface area contributed by atoms with Gasteiger partial charge in [-0.3, -0.25) is 0 Å². The van der Waals surface area contributed by atoms with Crippen LogP contribution in [0, 0.1) is 0 Å². The van der Waals surface area contributed by atoms with Crippen molar-refractivity contribution in [3.8, 4) is 0 Å². The van der Waals surface area contributed by atoms with Gasteiger partial charge in [-0.15, -0.1) is 12.6 Å². The van der Waals surface area contributed by atoms with Gasteiger partial charge in [-0.2, -0.15) is 0 Å². The van der Waals surface area contributed by atoms with E-state index < -0.39 is 9.84 Å². The van der Waals surface area contributed by atoms with Crippen molar-refractivity contribution in [3.05, 3.63) is 24.3 Å². The second-order valence-corrected chi connectivity index (χ2v) is 4.71. The van der Waals surface area contributed by atoms with Crippen molar-refractivity contribution in [1.82, 2.24) is 0 Å². The third-order valence-electron chi connectivity index (χ3n) is 1.26. The quantitative estimate of drug-likeness (QED) is 0.606. The SMILES string of the molecule is CS(=O)(=O)c1ccccc1S.[Zn]. The molecule has 62 valence electrons. The molecule has 0 aliphatic heterocycles. The predicted octanol–water partition coefficient (Wildman–Crippen LogP) is 1.38. The minimum absolute atomic E-state index is 0. The fraction of sp³-hybridized carbons (Fsp3) is 0.143. The summed E-state index contributed by atoms with van der Waals surface area (Å²) < 4.78 is 22.0. The summed E-state index contributed by atoms with van der Waals surface area (Å²) in [4.78, 5) is 0.776. The summed E-state index contributed by atoms with van der Waals surface area (Å²) in [5, 5.41) is 0. The smallest absolute Gasteiger partial charge is 0.176 e. The molecule has 0 aliphatic carbocycles. The molecule has 0 bridgehead atoms. The van der Waals surface area contributed by atoms with E-state index in [1.54, 1.807) is 18.2 Å². The molecular formula is C7H8O2S2Zn. The van der Waals surface area contributed by atoms with E-state index in [4.69, 9.17) is 0 Å². The van der Waals surface area contributed by atoms with Crippen LogP contribution in [0.3, 0.4) is 0 Å². The summed E-state index contributed by atoms with van der Waals surface area (Å²) >= 11 is 4.01. The van der Waals surface area contributed by atoms with Crippen LogP contribution in [-0.4, -0.2) is 14.7 Å². The van der Waals surface area contributed by atoms with Gasteiger partial charge in [0.15, 0.2) is 9.84 Å². The molecule has 0 aromatic heterocycles. The van der Waals surface area contributed by atoms with Gasteiger partial charge in [0.25, 0.3) is 0 Å². The molecule has 0 atom stereocenters. The molecule has 1 aromatic rings. The van der Waals surface area contributed by atoms with Gasteiger partial charge in [-0.25, -0.2) is 8.42 Å². The largest absolute Gasteiger partial charge is 0.224 e. The normalized spacial score (nSPS) is 10.5. The number of rotatable bonds is 1. The fourth-order valence-corrected chi connectivity index (χ4v) is 2.20. The first kappa shape index (κ1) is 12.1. The summed E-state index contributed by atoms with van der Waals surface area (Å²) in [5.74, 6) is 0. The Morgan fingerprint density at radius 2 is 1.75 bits per heavy atom. The molecule has 0 spiro atoms. The topological polar surface area (TPSA) is 34.1 Å². The molecule has 0 N–H and O–H groups in total. The van der Waals surface area contributed by atoms with E-state index in [-0.39, 0.29) is 24.4 Å². The molecule has 0 amide bonds. The zero-order valence-corrected chi connectivity index (χ0v) is 11.4. The van der Waals surface area contributed by atoms with Crippen molar-refractivity contribution in [1.29, 1.82) is 0 Å². The maximum absolute atomic E-state index is 11.0. The van der Waals surface area contributed by atoms with Crippen molar-refractivity contribution >= 4 is 22.5 Å². The van der Waals surface area contributed by atoms with E-state index in [2.05, 4.69) is 12.6 Å². The molecule has 2 nitrogen and oxygen atoms in total. The monoisotopic (exact) mass is 252 g/mol. The van der Waals surface area contributed by atoms with Crippen LogP contribution in [-0.2, 0) is 29.3 Å². The first-order chi connectivity index (χ1) is 5.02. The molecule has 0 fully saturated rings. The van der Waals surface area contributed by atoms with Crippen molar-refractivity contribution in [2.75, 3.05) is 6.26 Å². The summed E-state index contributed by atoms with van der Waals surface area (Å²) in [6.07, 6.45) is 1.17. The Kier molecular flexibility index (Phi) is 4.45. The van der Waals surface area contributed by atoms with E-state index in [1.807, 2.05) is 0 Å². The Morgan fingerprint density at radius 3 is 2.08 bits per heavy atom. The van der Waals surface area contributed by atoms with Crippen LogP contribution in [0.5, 0.6) is 0 Å². The van der Waals surface area contributed by atoms with E-state index in [1.165, 1.54) is 12.3 Å². The first-order valence-corrected chi connectivity index (χ1v) is 5.34. The molecule has 12 heavy (non-hydrogen) atoms. The minimum atomic E-state index is -3.11. The maximum Gasteiger partial charge on any atom is 0.176 e. The summed E-state index contributed by atoms with van der Waals surface area (Å²) in [5.41, 5.74) is 0. The standard InChI is InChI=1S/C7H8O2S2.Zn/c1-11(8,9)7-5-3-2-4-6(7)10;/h2-5,10H,1H3;. The third-order valence-corrected chi connectivity index (χ3v) is 2.96. The van der Waals surface area contributed by atoms with Crippen LogP contribution in [0.25, 0.3) is 0 Å². The van der Waals surface area contributed by atoms with Gasteiger partial charge in [0, 0.05) is 30.6 Å². The Morgan fingerprint density at radius 1 is 1.25 bits per heavy atom. The number of hydrogen-bond acceptors (Lipinski definition) is 3. The van der Waals surface area contributed by atoms with Crippen LogP contribution in [0.4, 0.5) is 0 Å². The third kappa shape index (κ3) is 2.89. The molecule has 0 aliphatic rings. The first-order valence-electron chi connectivity index (χ1n) is 3.00. The molecule has 0 radical (unpaired) electrons. The summed E-state index contributed by atoms with van der Waals surface area (Å²) in [6.45, 7) is 0. The molecule has 0 saturated heterocycles. The molecule has 1 rings (SSSR count). The van der Waals surface area contributed by atoms with Gasteiger partial charge < -0.3 is 0 Å². The predicted molar refractivity (Wildman–Crippen MR) is 46.8 cm³/mol.